The number of halogens is 1. The normalized spacial score (nSPS) is 13.6. The van der Waals surface area contributed by atoms with Gasteiger partial charge in [-0.15, -0.1) is 0 Å². The lowest BCUT2D eigenvalue weighted by Gasteiger charge is -2.31. The van der Waals surface area contributed by atoms with Gasteiger partial charge in [-0.2, -0.15) is 0 Å². The number of hydrogen-bond donors (Lipinski definition) is 1. The summed E-state index contributed by atoms with van der Waals surface area (Å²) < 4.78 is 31.7. The van der Waals surface area contributed by atoms with Gasteiger partial charge in [0.2, 0.25) is 0 Å². The van der Waals surface area contributed by atoms with Gasteiger partial charge in [-0.1, -0.05) is 29.4 Å². The van der Waals surface area contributed by atoms with E-state index in [1.165, 1.54) is 29.2 Å². The maximum absolute atomic E-state index is 14.7. The molecule has 0 spiro atoms. The van der Waals surface area contributed by atoms with Crippen LogP contribution in [0.5, 0.6) is 0 Å². The third-order valence-corrected chi connectivity index (χ3v) is 5.67. The lowest BCUT2D eigenvalue weighted by Crippen LogP contribution is -2.47. The minimum atomic E-state index is -1.31. The number of Topliss-reactive ketones (excluding diaryl/α,β-unsaturated/α-hetero) is 1. The molecule has 0 saturated carbocycles. The van der Waals surface area contributed by atoms with Crippen molar-refractivity contribution in [3.8, 4) is 11.3 Å². The van der Waals surface area contributed by atoms with Crippen molar-refractivity contribution >= 4 is 18.0 Å². The van der Waals surface area contributed by atoms with Crippen LogP contribution in [0.15, 0.2) is 59.5 Å². The molecule has 1 unspecified atom stereocenters. The first-order valence-corrected chi connectivity index (χ1v) is 13.3. The molecule has 1 aromatic carbocycles. The fraction of sp³-hybridized carbons (Fsp3) is 0.433. The third-order valence-electron chi connectivity index (χ3n) is 5.67. The highest BCUT2D eigenvalue weighted by atomic mass is 19.1. The number of carbonyl (C=O) groups is 3. The molecule has 0 aliphatic carbocycles. The topological polar surface area (TPSA) is 126 Å². The van der Waals surface area contributed by atoms with Gasteiger partial charge in [0, 0.05) is 24.2 Å². The standard InChI is InChI=1S/C30H37FN4O6/c1-28(2,3)40-26(37)33-30(7,17-12-8-9-15-24(36)22-16-18-39-34-22)25-32-23(20-13-10-11-14-21(20)31)19-35(25)27(38)41-29(4,5)6/h8,10-14,16,18-19H,9,15,17H2,1-7H3,(H,33,37)/b12-8+. The van der Waals surface area contributed by atoms with Crippen LogP contribution in [0.3, 0.4) is 0 Å². The van der Waals surface area contributed by atoms with Crippen LogP contribution in [0.4, 0.5) is 14.0 Å². The van der Waals surface area contributed by atoms with E-state index in [0.29, 0.717) is 6.42 Å². The number of amides is 1. The third kappa shape index (κ3) is 8.86. The summed E-state index contributed by atoms with van der Waals surface area (Å²) >= 11 is 0. The zero-order valence-corrected chi connectivity index (χ0v) is 24.5. The fourth-order valence-corrected chi connectivity index (χ4v) is 3.88. The Morgan fingerprint density at radius 3 is 2.29 bits per heavy atom. The summed E-state index contributed by atoms with van der Waals surface area (Å²) in [5, 5.41) is 6.49. The zero-order chi connectivity index (χ0) is 30.4. The van der Waals surface area contributed by atoms with Crippen LogP contribution in [-0.4, -0.2) is 43.9 Å². The highest BCUT2D eigenvalue weighted by Crippen LogP contribution is 2.31. The molecule has 0 bridgehead atoms. The molecule has 0 fully saturated rings. The van der Waals surface area contributed by atoms with E-state index in [0.717, 1.165) is 0 Å². The van der Waals surface area contributed by atoms with E-state index < -0.39 is 34.7 Å². The van der Waals surface area contributed by atoms with E-state index in [1.54, 1.807) is 78.8 Å². The number of hydrogen-bond acceptors (Lipinski definition) is 8. The summed E-state index contributed by atoms with van der Waals surface area (Å²) in [7, 11) is 0. The van der Waals surface area contributed by atoms with E-state index in [1.807, 2.05) is 0 Å². The molecule has 2 aromatic heterocycles. The summed E-state index contributed by atoms with van der Waals surface area (Å²) in [6.45, 7) is 12.0. The fourth-order valence-electron chi connectivity index (χ4n) is 3.88. The Hall–Kier alpha value is -4.28. The minimum Gasteiger partial charge on any atom is -0.444 e. The lowest BCUT2D eigenvalue weighted by atomic mass is 9.95. The van der Waals surface area contributed by atoms with Gasteiger partial charge in [0.1, 0.15) is 40.3 Å². The van der Waals surface area contributed by atoms with Crippen LogP contribution in [0.1, 0.15) is 84.0 Å². The van der Waals surface area contributed by atoms with Crippen molar-refractivity contribution in [3.05, 3.63) is 72.3 Å². The van der Waals surface area contributed by atoms with Crippen LogP contribution in [0.2, 0.25) is 0 Å². The highest BCUT2D eigenvalue weighted by Gasteiger charge is 2.37. The number of alkyl carbamates (subject to hydrolysis) is 1. The summed E-state index contributed by atoms with van der Waals surface area (Å²) in [6.07, 6.45) is 5.54. The largest absolute Gasteiger partial charge is 0.444 e. The van der Waals surface area contributed by atoms with E-state index in [-0.39, 0.29) is 41.4 Å². The molecule has 220 valence electrons. The van der Waals surface area contributed by atoms with E-state index in [2.05, 4.69) is 15.5 Å². The molecule has 11 heteroatoms. The summed E-state index contributed by atoms with van der Waals surface area (Å²) in [5.74, 6) is -0.585. The zero-order valence-electron chi connectivity index (χ0n) is 24.5. The Balaban J connectivity index is 2.00. The molecule has 0 radical (unpaired) electrons. The molecule has 3 aromatic rings. The van der Waals surface area contributed by atoms with E-state index in [9.17, 15) is 18.8 Å². The average Bonchev–Trinajstić information content (AvgIpc) is 3.53. The average molecular weight is 569 g/mol. The number of carbonyl (C=O) groups excluding carboxylic acids is 3. The van der Waals surface area contributed by atoms with Crippen molar-refractivity contribution in [1.29, 1.82) is 0 Å². The number of ether oxygens (including phenoxy) is 2. The highest BCUT2D eigenvalue weighted by molar-refractivity contribution is 5.94. The Morgan fingerprint density at radius 1 is 1.00 bits per heavy atom. The molecule has 2 heterocycles. The first kappa shape index (κ1) is 31.3. The molecular formula is C30H37FN4O6. The number of benzene rings is 1. The number of allylic oxidation sites excluding steroid dienone is 1. The number of imidazole rings is 1. The van der Waals surface area contributed by atoms with Crippen LogP contribution < -0.4 is 5.32 Å². The maximum Gasteiger partial charge on any atom is 0.420 e. The molecular weight excluding hydrogens is 531 g/mol. The summed E-state index contributed by atoms with van der Waals surface area (Å²) in [6, 6.07) is 7.55. The Labute approximate surface area is 238 Å². The van der Waals surface area contributed by atoms with Gasteiger partial charge < -0.3 is 19.3 Å². The molecule has 0 aliphatic rings. The quantitative estimate of drug-likeness (QED) is 0.220. The second kappa shape index (κ2) is 12.5. The summed E-state index contributed by atoms with van der Waals surface area (Å²) in [5.41, 5.74) is -2.32. The Bertz CT molecular complexity index is 1400. The molecule has 41 heavy (non-hydrogen) atoms. The molecule has 3 rings (SSSR count). The number of ketones is 1. The van der Waals surface area contributed by atoms with Gasteiger partial charge >= 0.3 is 12.2 Å². The minimum absolute atomic E-state index is 0.110. The predicted molar refractivity (Wildman–Crippen MR) is 150 cm³/mol. The van der Waals surface area contributed by atoms with Crippen molar-refractivity contribution in [2.75, 3.05) is 0 Å². The SMILES string of the molecule is CC(C)(C)OC(=O)NC(C)(C/C=C/CCC(=O)c1ccon1)c1nc(-c2ccccc2F)cn1C(=O)OC(C)(C)C. The van der Waals surface area contributed by atoms with Crippen LogP contribution in [0, 0.1) is 5.82 Å². The molecule has 0 aliphatic heterocycles. The Morgan fingerprint density at radius 2 is 1.68 bits per heavy atom. The number of nitrogens with one attached hydrogen (secondary N) is 1. The monoisotopic (exact) mass is 568 g/mol. The van der Waals surface area contributed by atoms with Gasteiger partial charge in [-0.05, 0) is 73.4 Å². The second-order valence-electron chi connectivity index (χ2n) is 11.8. The van der Waals surface area contributed by atoms with Gasteiger partial charge in [0.25, 0.3) is 0 Å². The molecule has 1 amide bonds. The molecule has 1 N–H and O–H groups in total. The van der Waals surface area contributed by atoms with Crippen LogP contribution in [0.25, 0.3) is 11.3 Å². The number of rotatable bonds is 9. The Kier molecular flexibility index (Phi) is 9.52. The maximum atomic E-state index is 14.7. The first-order chi connectivity index (χ1) is 19.1. The first-order valence-electron chi connectivity index (χ1n) is 13.3. The lowest BCUT2D eigenvalue weighted by molar-refractivity contribution is 0.0427. The summed E-state index contributed by atoms with van der Waals surface area (Å²) in [4.78, 5) is 43.2. The van der Waals surface area contributed by atoms with Crippen LogP contribution >= 0.6 is 0 Å². The van der Waals surface area contributed by atoms with Gasteiger partial charge in [-0.3, -0.25) is 4.79 Å². The number of aromatic nitrogens is 3. The molecule has 10 nitrogen and oxygen atoms in total. The van der Waals surface area contributed by atoms with E-state index in [4.69, 9.17) is 14.0 Å². The van der Waals surface area contributed by atoms with Crippen molar-refractivity contribution in [3.63, 3.8) is 0 Å². The predicted octanol–water partition coefficient (Wildman–Crippen LogP) is 6.81. The molecule has 0 saturated heterocycles. The van der Waals surface area contributed by atoms with Crippen molar-refractivity contribution in [2.24, 2.45) is 0 Å². The molecule has 1 atom stereocenters. The van der Waals surface area contributed by atoms with Crippen molar-refractivity contribution < 1.29 is 32.8 Å². The number of nitrogens with zero attached hydrogens (tertiary/aromatic N) is 3. The van der Waals surface area contributed by atoms with Gasteiger partial charge in [0.05, 0.1) is 5.69 Å². The second-order valence-corrected chi connectivity index (χ2v) is 11.8. The smallest absolute Gasteiger partial charge is 0.420 e. The van der Waals surface area contributed by atoms with Gasteiger partial charge in [0.15, 0.2) is 5.78 Å². The van der Waals surface area contributed by atoms with Crippen molar-refractivity contribution in [1.82, 2.24) is 20.0 Å². The van der Waals surface area contributed by atoms with Crippen LogP contribution in [-0.2, 0) is 15.0 Å². The van der Waals surface area contributed by atoms with Crippen molar-refractivity contribution in [2.45, 2.75) is 84.5 Å². The van der Waals surface area contributed by atoms with E-state index >= 15 is 0 Å². The van der Waals surface area contributed by atoms with Gasteiger partial charge in [-0.25, -0.2) is 23.5 Å².